The quantitative estimate of drug-likeness (QED) is 0.824. The molecule has 0 radical (unpaired) electrons. The first-order valence-corrected chi connectivity index (χ1v) is 8.16. The van der Waals surface area contributed by atoms with Crippen LogP contribution in [0.25, 0.3) is 0 Å². The molecular weight excluding hydrogens is 386 g/mol. The molecule has 2 aromatic rings. The third kappa shape index (κ3) is 6.68. The standard InChI is InChI=1S/C13H13BrClN3O2.C2H6O/c1-7(2)19-10-6-4-5-9(14)11(10)20-13-17-8(3)16-12(15)18-13;1-2-3/h4-7H,1-3H3;3H,2H2,1H3. The van der Waals surface area contributed by atoms with E-state index in [4.69, 9.17) is 26.2 Å². The van der Waals surface area contributed by atoms with Crippen LogP contribution >= 0.6 is 27.5 Å². The monoisotopic (exact) mass is 403 g/mol. The Morgan fingerprint density at radius 1 is 1.26 bits per heavy atom. The average molecular weight is 405 g/mol. The molecule has 1 aromatic carbocycles. The van der Waals surface area contributed by atoms with Gasteiger partial charge in [-0.1, -0.05) is 6.07 Å². The van der Waals surface area contributed by atoms with Gasteiger partial charge in [0.05, 0.1) is 10.6 Å². The van der Waals surface area contributed by atoms with Crippen LogP contribution in [0.15, 0.2) is 22.7 Å². The molecule has 126 valence electrons. The molecule has 1 heterocycles. The maximum Gasteiger partial charge on any atom is 0.326 e. The Morgan fingerprint density at radius 3 is 2.48 bits per heavy atom. The highest BCUT2D eigenvalue weighted by Gasteiger charge is 2.14. The molecule has 8 heteroatoms. The molecule has 23 heavy (non-hydrogen) atoms. The molecule has 0 bridgehead atoms. The van der Waals surface area contributed by atoms with Crippen LogP contribution in [0.2, 0.25) is 5.28 Å². The highest BCUT2D eigenvalue weighted by Crippen LogP contribution is 2.38. The molecule has 0 aliphatic rings. The summed E-state index contributed by atoms with van der Waals surface area (Å²) in [5, 5.41) is 7.66. The van der Waals surface area contributed by atoms with Crippen LogP contribution in [0.3, 0.4) is 0 Å². The van der Waals surface area contributed by atoms with E-state index in [1.165, 1.54) is 0 Å². The number of aromatic nitrogens is 3. The van der Waals surface area contributed by atoms with Crippen molar-refractivity contribution in [3.63, 3.8) is 0 Å². The number of halogens is 2. The van der Waals surface area contributed by atoms with Crippen LogP contribution < -0.4 is 9.47 Å². The van der Waals surface area contributed by atoms with E-state index in [0.29, 0.717) is 17.3 Å². The van der Waals surface area contributed by atoms with Gasteiger partial charge < -0.3 is 14.6 Å². The maximum absolute atomic E-state index is 7.57. The molecule has 0 atom stereocenters. The van der Waals surface area contributed by atoms with E-state index >= 15 is 0 Å². The zero-order valence-electron chi connectivity index (χ0n) is 13.4. The van der Waals surface area contributed by atoms with Crippen molar-refractivity contribution in [2.45, 2.75) is 33.8 Å². The number of aliphatic hydroxyl groups excluding tert-OH is 1. The predicted molar refractivity (Wildman–Crippen MR) is 92.3 cm³/mol. The number of hydrogen-bond donors (Lipinski definition) is 1. The molecule has 2 rings (SSSR count). The number of hydrogen-bond acceptors (Lipinski definition) is 6. The fourth-order valence-electron chi connectivity index (χ4n) is 1.50. The van der Waals surface area contributed by atoms with Crippen molar-refractivity contribution in [1.29, 1.82) is 0 Å². The Labute approximate surface area is 149 Å². The van der Waals surface area contributed by atoms with Crippen LogP contribution in [0.5, 0.6) is 17.5 Å². The summed E-state index contributed by atoms with van der Waals surface area (Å²) in [5.74, 6) is 1.59. The first kappa shape index (κ1) is 19.6. The largest absolute Gasteiger partial charge is 0.487 e. The van der Waals surface area contributed by atoms with Gasteiger partial charge in [0.2, 0.25) is 5.28 Å². The summed E-state index contributed by atoms with van der Waals surface area (Å²) >= 11 is 9.22. The Hall–Kier alpha value is -1.44. The molecule has 0 saturated heterocycles. The van der Waals surface area contributed by atoms with Gasteiger partial charge in [-0.15, -0.1) is 0 Å². The summed E-state index contributed by atoms with van der Waals surface area (Å²) in [7, 11) is 0. The third-order valence-electron chi connectivity index (χ3n) is 2.19. The Morgan fingerprint density at radius 2 is 1.91 bits per heavy atom. The number of aliphatic hydroxyl groups is 1. The summed E-state index contributed by atoms with van der Waals surface area (Å²) in [6, 6.07) is 5.65. The molecule has 0 saturated carbocycles. The Balaban J connectivity index is 0.000000816. The number of ether oxygens (including phenoxy) is 2. The van der Waals surface area contributed by atoms with Gasteiger partial charge in [0.25, 0.3) is 0 Å². The van der Waals surface area contributed by atoms with Crippen LogP contribution in [0, 0.1) is 6.92 Å². The number of aryl methyl sites for hydroxylation is 1. The maximum atomic E-state index is 7.57. The minimum Gasteiger partial charge on any atom is -0.487 e. The second-order valence-electron chi connectivity index (χ2n) is 4.59. The van der Waals surface area contributed by atoms with Crippen molar-refractivity contribution in [3.05, 3.63) is 33.8 Å². The molecule has 0 spiro atoms. The summed E-state index contributed by atoms with van der Waals surface area (Å²) in [6.07, 6.45) is 0.0235. The van der Waals surface area contributed by atoms with Gasteiger partial charge >= 0.3 is 6.01 Å². The van der Waals surface area contributed by atoms with Crippen LogP contribution in [0.4, 0.5) is 0 Å². The summed E-state index contributed by atoms with van der Waals surface area (Å²) in [5.41, 5.74) is 0. The molecule has 0 aliphatic heterocycles. The molecule has 1 aromatic heterocycles. The first-order valence-electron chi connectivity index (χ1n) is 6.99. The highest BCUT2D eigenvalue weighted by atomic mass is 79.9. The predicted octanol–water partition coefficient (Wildman–Crippen LogP) is 4.17. The number of rotatable bonds is 4. The molecule has 0 fully saturated rings. The first-order chi connectivity index (χ1) is 10.9. The summed E-state index contributed by atoms with van der Waals surface area (Å²) < 4.78 is 12.1. The fraction of sp³-hybridized carbons (Fsp3) is 0.400. The number of para-hydroxylation sites is 1. The van der Waals surface area contributed by atoms with Gasteiger partial charge in [-0.3, -0.25) is 0 Å². The second-order valence-corrected chi connectivity index (χ2v) is 5.78. The normalized spacial score (nSPS) is 10.1. The molecule has 6 nitrogen and oxygen atoms in total. The lowest BCUT2D eigenvalue weighted by Crippen LogP contribution is -2.07. The van der Waals surface area contributed by atoms with Gasteiger partial charge in [-0.25, -0.2) is 4.98 Å². The Kier molecular flexibility index (Phi) is 8.22. The van der Waals surface area contributed by atoms with E-state index in [1.54, 1.807) is 13.8 Å². The van der Waals surface area contributed by atoms with Gasteiger partial charge in [0.1, 0.15) is 5.82 Å². The molecule has 0 amide bonds. The van der Waals surface area contributed by atoms with Gasteiger partial charge in [-0.2, -0.15) is 9.97 Å². The van der Waals surface area contributed by atoms with E-state index in [0.717, 1.165) is 4.47 Å². The lowest BCUT2D eigenvalue weighted by atomic mass is 10.3. The second kappa shape index (κ2) is 9.64. The van der Waals surface area contributed by atoms with E-state index in [-0.39, 0.29) is 24.0 Å². The molecule has 1 N–H and O–H groups in total. The average Bonchev–Trinajstić information content (AvgIpc) is 2.42. The molecule has 0 unspecified atom stereocenters. The summed E-state index contributed by atoms with van der Waals surface area (Å²) in [4.78, 5) is 11.9. The van der Waals surface area contributed by atoms with Crippen molar-refractivity contribution in [2.75, 3.05) is 6.61 Å². The van der Waals surface area contributed by atoms with Crippen molar-refractivity contribution >= 4 is 27.5 Å². The van der Waals surface area contributed by atoms with Crippen LogP contribution in [-0.2, 0) is 0 Å². The van der Waals surface area contributed by atoms with Gasteiger partial charge in [0, 0.05) is 6.61 Å². The lowest BCUT2D eigenvalue weighted by molar-refractivity contribution is 0.231. The Bertz CT molecular complexity index is 621. The van der Waals surface area contributed by atoms with Crippen molar-refractivity contribution in [3.8, 4) is 17.5 Å². The van der Waals surface area contributed by atoms with Crippen LogP contribution in [-0.4, -0.2) is 32.8 Å². The lowest BCUT2D eigenvalue weighted by Gasteiger charge is -2.15. The molecule has 0 aliphatic carbocycles. The van der Waals surface area contributed by atoms with Crippen molar-refractivity contribution in [1.82, 2.24) is 15.0 Å². The smallest absolute Gasteiger partial charge is 0.326 e. The fourth-order valence-corrected chi connectivity index (χ4v) is 2.12. The van der Waals surface area contributed by atoms with Crippen LogP contribution in [0.1, 0.15) is 26.6 Å². The highest BCUT2D eigenvalue weighted by molar-refractivity contribution is 9.10. The van der Waals surface area contributed by atoms with Crippen molar-refractivity contribution in [2.24, 2.45) is 0 Å². The zero-order valence-corrected chi connectivity index (χ0v) is 15.7. The topological polar surface area (TPSA) is 77.4 Å². The summed E-state index contributed by atoms with van der Waals surface area (Å²) in [6.45, 7) is 7.52. The number of nitrogens with zero attached hydrogens (tertiary/aromatic N) is 3. The third-order valence-corrected chi connectivity index (χ3v) is 2.98. The zero-order chi connectivity index (χ0) is 17.4. The van der Waals surface area contributed by atoms with E-state index in [9.17, 15) is 0 Å². The van der Waals surface area contributed by atoms with E-state index in [2.05, 4.69) is 30.9 Å². The van der Waals surface area contributed by atoms with Gasteiger partial charge in [-0.05, 0) is 67.4 Å². The van der Waals surface area contributed by atoms with E-state index in [1.807, 2.05) is 32.0 Å². The van der Waals surface area contributed by atoms with Gasteiger partial charge in [0.15, 0.2) is 11.5 Å². The van der Waals surface area contributed by atoms with E-state index < -0.39 is 0 Å². The SMILES string of the molecule is CCO.Cc1nc(Cl)nc(Oc2c(Br)cccc2OC(C)C)n1. The minimum absolute atomic E-state index is 0.0235. The minimum atomic E-state index is 0.0235. The van der Waals surface area contributed by atoms with Crippen molar-refractivity contribution < 1.29 is 14.6 Å². The number of benzene rings is 1. The molecular formula is C15H19BrClN3O3.